The molecule has 0 unspecified atom stereocenters. The summed E-state index contributed by atoms with van der Waals surface area (Å²) in [6, 6.07) is -0.194. The maximum Gasteiger partial charge on any atom is 0.293 e. The standard InChI is InChI=1S/C15H21N5O3/c1-3-20-7-6-16-14(20)12(11-4-8-22-9-5-11)18-15(21)13-17-10(2)23-19-13/h6-7,11-12H,3-5,8-9H2,1-2H3,(H,18,21)/t12-/m0/s1. The first kappa shape index (κ1) is 15.7. The molecule has 1 atom stereocenters. The second-order valence-electron chi connectivity index (χ2n) is 5.61. The van der Waals surface area contributed by atoms with E-state index in [2.05, 4.69) is 27.4 Å². The van der Waals surface area contributed by atoms with Crippen LogP contribution in [0.25, 0.3) is 0 Å². The smallest absolute Gasteiger partial charge is 0.293 e. The average Bonchev–Trinajstić information content (AvgIpc) is 3.21. The molecule has 23 heavy (non-hydrogen) atoms. The van der Waals surface area contributed by atoms with E-state index in [1.807, 2.05) is 10.8 Å². The third-order valence-corrected chi connectivity index (χ3v) is 4.12. The molecule has 1 amide bonds. The number of imidazole rings is 1. The SMILES string of the molecule is CCn1ccnc1[C@@H](NC(=O)c1noc(C)n1)C1CCOCC1. The highest BCUT2D eigenvalue weighted by molar-refractivity contribution is 5.90. The van der Waals surface area contributed by atoms with Crippen molar-refractivity contribution in [3.8, 4) is 0 Å². The van der Waals surface area contributed by atoms with E-state index in [-0.39, 0.29) is 23.7 Å². The molecule has 0 aliphatic carbocycles. The highest BCUT2D eigenvalue weighted by atomic mass is 16.5. The van der Waals surface area contributed by atoms with Crippen LogP contribution in [0.3, 0.4) is 0 Å². The van der Waals surface area contributed by atoms with Crippen molar-refractivity contribution >= 4 is 5.91 Å². The van der Waals surface area contributed by atoms with Gasteiger partial charge in [-0.15, -0.1) is 0 Å². The summed E-state index contributed by atoms with van der Waals surface area (Å²) >= 11 is 0. The van der Waals surface area contributed by atoms with Gasteiger partial charge in [-0.05, 0) is 25.7 Å². The van der Waals surface area contributed by atoms with E-state index < -0.39 is 0 Å². The molecule has 8 nitrogen and oxygen atoms in total. The van der Waals surface area contributed by atoms with E-state index in [1.165, 1.54) is 0 Å². The molecule has 0 radical (unpaired) electrons. The minimum Gasteiger partial charge on any atom is -0.381 e. The Kier molecular flexibility index (Phi) is 4.71. The maximum absolute atomic E-state index is 12.4. The Labute approximate surface area is 134 Å². The Balaban J connectivity index is 1.84. The predicted octanol–water partition coefficient (Wildman–Crippen LogP) is 1.49. The Morgan fingerprint density at radius 2 is 2.26 bits per heavy atom. The lowest BCUT2D eigenvalue weighted by molar-refractivity contribution is 0.0496. The number of nitrogens with one attached hydrogen (secondary N) is 1. The molecule has 8 heteroatoms. The van der Waals surface area contributed by atoms with Crippen molar-refractivity contribution in [3.05, 3.63) is 29.9 Å². The van der Waals surface area contributed by atoms with Crippen LogP contribution < -0.4 is 5.32 Å². The van der Waals surface area contributed by atoms with Gasteiger partial charge in [0.25, 0.3) is 11.7 Å². The lowest BCUT2D eigenvalue weighted by Gasteiger charge is -2.30. The summed E-state index contributed by atoms with van der Waals surface area (Å²) in [6.07, 6.45) is 5.45. The Morgan fingerprint density at radius 3 is 2.91 bits per heavy atom. The number of amides is 1. The minimum atomic E-state index is -0.344. The van der Waals surface area contributed by atoms with Crippen LogP contribution in [0.15, 0.2) is 16.9 Å². The molecule has 1 aliphatic rings. The first-order valence-corrected chi connectivity index (χ1v) is 7.89. The summed E-state index contributed by atoms with van der Waals surface area (Å²) in [4.78, 5) is 20.9. The lowest BCUT2D eigenvalue weighted by Crippen LogP contribution is -2.38. The van der Waals surface area contributed by atoms with Gasteiger partial charge in [0.1, 0.15) is 5.82 Å². The van der Waals surface area contributed by atoms with Gasteiger partial charge in [-0.3, -0.25) is 4.79 Å². The molecule has 2 aromatic rings. The normalized spacial score (nSPS) is 17.1. The molecule has 0 bridgehead atoms. The average molecular weight is 319 g/mol. The molecule has 1 N–H and O–H groups in total. The van der Waals surface area contributed by atoms with E-state index in [1.54, 1.807) is 13.1 Å². The number of hydrogen-bond donors (Lipinski definition) is 1. The quantitative estimate of drug-likeness (QED) is 0.897. The number of hydrogen-bond acceptors (Lipinski definition) is 6. The largest absolute Gasteiger partial charge is 0.381 e. The first-order valence-electron chi connectivity index (χ1n) is 7.89. The number of rotatable bonds is 5. The monoisotopic (exact) mass is 319 g/mol. The highest BCUT2D eigenvalue weighted by Crippen LogP contribution is 2.29. The molecule has 3 heterocycles. The molecule has 124 valence electrons. The number of aryl methyl sites for hydroxylation is 2. The predicted molar refractivity (Wildman–Crippen MR) is 80.7 cm³/mol. The van der Waals surface area contributed by atoms with Gasteiger partial charge in [-0.25, -0.2) is 4.98 Å². The summed E-state index contributed by atoms with van der Waals surface area (Å²) in [5.41, 5.74) is 0. The third kappa shape index (κ3) is 3.42. The van der Waals surface area contributed by atoms with Gasteiger partial charge < -0.3 is 19.1 Å². The van der Waals surface area contributed by atoms with Crippen LogP contribution in [0.2, 0.25) is 0 Å². The molecular weight excluding hydrogens is 298 g/mol. The molecule has 1 aliphatic heterocycles. The summed E-state index contributed by atoms with van der Waals surface area (Å²) in [5, 5.41) is 6.72. The van der Waals surface area contributed by atoms with Crippen LogP contribution in [-0.4, -0.2) is 38.8 Å². The fraction of sp³-hybridized carbons (Fsp3) is 0.600. The van der Waals surface area contributed by atoms with Crippen LogP contribution >= 0.6 is 0 Å². The van der Waals surface area contributed by atoms with Crippen molar-refractivity contribution < 1.29 is 14.1 Å². The van der Waals surface area contributed by atoms with Crippen molar-refractivity contribution in [2.45, 2.75) is 39.3 Å². The Hall–Kier alpha value is -2.22. The van der Waals surface area contributed by atoms with Crippen molar-refractivity contribution in [2.75, 3.05) is 13.2 Å². The fourth-order valence-electron chi connectivity index (χ4n) is 2.91. The molecule has 2 aromatic heterocycles. The summed E-state index contributed by atoms with van der Waals surface area (Å²) in [7, 11) is 0. The summed E-state index contributed by atoms with van der Waals surface area (Å²) in [5.74, 6) is 1.20. The number of aromatic nitrogens is 4. The van der Waals surface area contributed by atoms with Gasteiger partial charge in [0.05, 0.1) is 6.04 Å². The van der Waals surface area contributed by atoms with Gasteiger partial charge in [-0.1, -0.05) is 5.16 Å². The van der Waals surface area contributed by atoms with E-state index >= 15 is 0 Å². The summed E-state index contributed by atoms with van der Waals surface area (Å²) in [6.45, 7) is 5.91. The van der Waals surface area contributed by atoms with Crippen LogP contribution in [0.5, 0.6) is 0 Å². The van der Waals surface area contributed by atoms with Crippen molar-refractivity contribution in [3.63, 3.8) is 0 Å². The van der Waals surface area contributed by atoms with Crippen molar-refractivity contribution in [1.82, 2.24) is 25.0 Å². The van der Waals surface area contributed by atoms with Gasteiger partial charge in [-0.2, -0.15) is 4.98 Å². The van der Waals surface area contributed by atoms with Crippen LogP contribution in [0.4, 0.5) is 0 Å². The molecule has 0 aromatic carbocycles. The van der Waals surface area contributed by atoms with Crippen molar-refractivity contribution in [1.29, 1.82) is 0 Å². The number of carbonyl (C=O) groups is 1. The lowest BCUT2D eigenvalue weighted by atomic mass is 9.91. The second kappa shape index (κ2) is 6.91. The van der Waals surface area contributed by atoms with E-state index in [9.17, 15) is 4.79 Å². The zero-order chi connectivity index (χ0) is 16.2. The van der Waals surface area contributed by atoms with Crippen LogP contribution in [-0.2, 0) is 11.3 Å². The third-order valence-electron chi connectivity index (χ3n) is 4.12. The van der Waals surface area contributed by atoms with Crippen LogP contribution in [0.1, 0.15) is 48.1 Å². The zero-order valence-electron chi connectivity index (χ0n) is 13.4. The highest BCUT2D eigenvalue weighted by Gasteiger charge is 2.31. The van der Waals surface area contributed by atoms with Gasteiger partial charge in [0.2, 0.25) is 5.89 Å². The summed E-state index contributed by atoms with van der Waals surface area (Å²) < 4.78 is 12.4. The molecule has 0 spiro atoms. The van der Waals surface area contributed by atoms with E-state index in [0.29, 0.717) is 19.1 Å². The first-order chi connectivity index (χ1) is 11.2. The molecule has 1 saturated heterocycles. The van der Waals surface area contributed by atoms with Crippen molar-refractivity contribution in [2.24, 2.45) is 5.92 Å². The molecule has 1 fully saturated rings. The number of ether oxygens (including phenoxy) is 1. The Morgan fingerprint density at radius 1 is 1.48 bits per heavy atom. The molecular formula is C15H21N5O3. The van der Waals surface area contributed by atoms with Gasteiger partial charge >= 0.3 is 0 Å². The Bertz CT molecular complexity index is 660. The minimum absolute atomic E-state index is 0.0502. The second-order valence-corrected chi connectivity index (χ2v) is 5.61. The zero-order valence-corrected chi connectivity index (χ0v) is 13.4. The topological polar surface area (TPSA) is 95.1 Å². The number of carbonyl (C=O) groups excluding carboxylic acids is 1. The van der Waals surface area contributed by atoms with Gasteiger partial charge in [0, 0.05) is 39.1 Å². The van der Waals surface area contributed by atoms with Crippen LogP contribution in [0, 0.1) is 12.8 Å². The fourth-order valence-corrected chi connectivity index (χ4v) is 2.91. The van der Waals surface area contributed by atoms with E-state index in [4.69, 9.17) is 9.26 Å². The molecule has 0 saturated carbocycles. The molecule has 3 rings (SSSR count). The van der Waals surface area contributed by atoms with E-state index in [0.717, 1.165) is 25.2 Å². The van der Waals surface area contributed by atoms with Gasteiger partial charge in [0.15, 0.2) is 0 Å². The maximum atomic E-state index is 12.4. The number of nitrogens with zero attached hydrogens (tertiary/aromatic N) is 4.